The molecule has 1 N–H and O–H groups in total. The largest absolute Gasteiger partial charge is 0.481 e. The summed E-state index contributed by atoms with van der Waals surface area (Å²) in [6, 6.07) is 0. The highest BCUT2D eigenvalue weighted by molar-refractivity contribution is 5.66. The van der Waals surface area contributed by atoms with Crippen LogP contribution in [-0.4, -0.2) is 48.8 Å². The Kier molecular flexibility index (Phi) is 59.5. The molecule has 208 valence electrons. The smallest absolute Gasteiger partial charge is 0.302 e. The fourth-order valence-electron chi connectivity index (χ4n) is 1.40. The second-order valence-corrected chi connectivity index (χ2v) is 6.92. The van der Waals surface area contributed by atoms with Crippen molar-refractivity contribution in [1.82, 2.24) is 0 Å². The predicted molar refractivity (Wildman–Crippen MR) is 140 cm³/mol. The van der Waals surface area contributed by atoms with E-state index < -0.39 is 5.97 Å². The Balaban J connectivity index is -0.0000000695. The number of esters is 3. The van der Waals surface area contributed by atoms with Gasteiger partial charge in [0.15, 0.2) is 0 Å². The summed E-state index contributed by atoms with van der Waals surface area (Å²) < 4.78 is 13.2. The van der Waals surface area contributed by atoms with E-state index in [1.165, 1.54) is 59.3 Å². The molecule has 0 atom stereocenters. The van der Waals surface area contributed by atoms with E-state index in [0.717, 1.165) is 12.8 Å². The van der Waals surface area contributed by atoms with Crippen molar-refractivity contribution in [2.75, 3.05) is 19.8 Å². The van der Waals surface area contributed by atoms with Crippen LogP contribution in [0.3, 0.4) is 0 Å². The van der Waals surface area contributed by atoms with E-state index in [0.29, 0.717) is 19.8 Å². The number of hydrogen-bond acceptors (Lipinski definition) is 7. The molecule has 34 heavy (non-hydrogen) atoms. The molecule has 0 saturated heterocycles. The van der Waals surface area contributed by atoms with Gasteiger partial charge >= 0.3 is 17.9 Å². The van der Waals surface area contributed by atoms with Crippen molar-refractivity contribution in [2.24, 2.45) is 5.92 Å². The number of carboxylic acid groups (broad SMARTS) is 1. The van der Waals surface area contributed by atoms with E-state index >= 15 is 0 Å². The first kappa shape index (κ1) is 45.4. The highest BCUT2D eigenvalue weighted by Crippen LogP contribution is 2.02. The molecule has 0 aromatic rings. The molecule has 0 fully saturated rings. The molecule has 8 heteroatoms. The summed E-state index contributed by atoms with van der Waals surface area (Å²) in [7, 11) is 0. The van der Waals surface area contributed by atoms with Crippen LogP contribution < -0.4 is 0 Å². The van der Waals surface area contributed by atoms with Crippen molar-refractivity contribution < 1.29 is 38.5 Å². The van der Waals surface area contributed by atoms with Crippen LogP contribution in [0.4, 0.5) is 0 Å². The maximum Gasteiger partial charge on any atom is 0.302 e. The molecular formula is C26H56O8. The van der Waals surface area contributed by atoms with Crippen molar-refractivity contribution >= 4 is 23.9 Å². The Morgan fingerprint density at radius 2 is 0.794 bits per heavy atom. The summed E-state index contributed by atoms with van der Waals surface area (Å²) in [5.41, 5.74) is 0. The monoisotopic (exact) mass is 496 g/mol. The Bertz CT molecular complexity index is 373. The third-order valence-electron chi connectivity index (χ3n) is 3.39. The predicted octanol–water partition coefficient (Wildman–Crippen LogP) is 6.83. The lowest BCUT2D eigenvalue weighted by Crippen LogP contribution is -1.95. The van der Waals surface area contributed by atoms with Gasteiger partial charge in [0.05, 0.1) is 19.8 Å². The molecule has 0 radical (unpaired) electrons. The zero-order chi connectivity index (χ0) is 28.4. The fraction of sp³-hybridized carbons (Fsp3) is 0.846. The number of carboxylic acids is 1. The Morgan fingerprint density at radius 1 is 0.588 bits per heavy atom. The molecule has 0 aromatic carbocycles. The molecule has 0 aliphatic rings. The molecule has 0 unspecified atom stereocenters. The number of ether oxygens (including phenoxy) is 3. The molecule has 0 bridgehead atoms. The van der Waals surface area contributed by atoms with Gasteiger partial charge in [-0.2, -0.15) is 0 Å². The normalized spacial score (nSPS) is 8.15. The van der Waals surface area contributed by atoms with Crippen LogP contribution in [0, 0.1) is 5.92 Å². The topological polar surface area (TPSA) is 116 Å². The van der Waals surface area contributed by atoms with Gasteiger partial charge in [0, 0.05) is 27.7 Å². The summed E-state index contributed by atoms with van der Waals surface area (Å²) in [6.07, 6.45) is 8.20. The van der Waals surface area contributed by atoms with E-state index in [2.05, 4.69) is 48.8 Å². The second kappa shape index (κ2) is 44.5. The summed E-state index contributed by atoms with van der Waals surface area (Å²) in [5.74, 6) is -0.530. The Hall–Kier alpha value is -2.12. The lowest BCUT2D eigenvalue weighted by Gasteiger charge is -1.98. The summed E-state index contributed by atoms with van der Waals surface area (Å²) in [6.45, 7) is 23.2. The van der Waals surface area contributed by atoms with Crippen LogP contribution in [-0.2, 0) is 33.4 Å². The Morgan fingerprint density at radius 3 is 0.824 bits per heavy atom. The van der Waals surface area contributed by atoms with E-state index in [1.54, 1.807) is 20.8 Å². The van der Waals surface area contributed by atoms with Gasteiger partial charge in [-0.25, -0.2) is 0 Å². The minimum atomic E-state index is -0.833. The summed E-state index contributed by atoms with van der Waals surface area (Å²) in [4.78, 5) is 38.5. The van der Waals surface area contributed by atoms with Crippen molar-refractivity contribution in [3.05, 3.63) is 0 Å². The zero-order valence-corrected chi connectivity index (χ0v) is 24.2. The van der Waals surface area contributed by atoms with Gasteiger partial charge in [0.1, 0.15) is 0 Å². The number of rotatable bonds is 8. The molecule has 0 aromatic heterocycles. The highest BCUT2D eigenvalue weighted by atomic mass is 16.5. The number of hydrogen-bond donors (Lipinski definition) is 1. The quantitative estimate of drug-likeness (QED) is 0.221. The zero-order valence-electron chi connectivity index (χ0n) is 24.2. The van der Waals surface area contributed by atoms with Crippen LogP contribution in [0.15, 0.2) is 0 Å². The van der Waals surface area contributed by atoms with Gasteiger partial charge in [-0.05, 0) is 26.7 Å². The third-order valence-corrected chi connectivity index (χ3v) is 3.39. The highest BCUT2D eigenvalue weighted by Gasteiger charge is 1.88. The number of carbonyl (C=O) groups is 4. The lowest BCUT2D eigenvalue weighted by atomic mass is 10.1. The molecule has 0 rings (SSSR count). The van der Waals surface area contributed by atoms with Crippen LogP contribution in [0.25, 0.3) is 0 Å². The van der Waals surface area contributed by atoms with Gasteiger partial charge in [-0.15, -0.1) is 0 Å². The molecule has 0 amide bonds. The van der Waals surface area contributed by atoms with E-state index in [1.807, 2.05) is 0 Å². The van der Waals surface area contributed by atoms with Gasteiger partial charge in [0.25, 0.3) is 5.97 Å². The number of carbonyl (C=O) groups excluding carboxylic acids is 3. The first-order valence-electron chi connectivity index (χ1n) is 12.4. The van der Waals surface area contributed by atoms with E-state index in [4.69, 9.17) is 9.90 Å². The SMILES string of the molecule is CC(=O)O.CCC(C)CC.CCCCCC.CCOC(C)=O.CCOC(C)=O.CCOC(C)=O. The minimum Gasteiger partial charge on any atom is -0.481 e. The summed E-state index contributed by atoms with van der Waals surface area (Å²) >= 11 is 0. The van der Waals surface area contributed by atoms with E-state index in [9.17, 15) is 14.4 Å². The van der Waals surface area contributed by atoms with Gasteiger partial charge in [-0.1, -0.05) is 73.1 Å². The minimum absolute atomic E-state index is 0.211. The van der Waals surface area contributed by atoms with Crippen molar-refractivity contribution in [2.45, 2.75) is 122 Å². The standard InChI is InChI=1S/2C6H14.3C4H8O2.C2H4O2/c1-4-6(3)5-2;1-3-5-6-4-2;3*1-3-6-4(2)5;1-2(3)4/h6H,4-5H2,1-3H3;3-6H2,1-2H3;3*3H2,1-2H3;1H3,(H,3,4). The van der Waals surface area contributed by atoms with Crippen LogP contribution >= 0.6 is 0 Å². The average Bonchev–Trinajstić information content (AvgIpc) is 2.72. The second-order valence-electron chi connectivity index (χ2n) is 6.92. The van der Waals surface area contributed by atoms with E-state index in [-0.39, 0.29) is 17.9 Å². The van der Waals surface area contributed by atoms with Gasteiger partial charge < -0.3 is 19.3 Å². The van der Waals surface area contributed by atoms with Crippen LogP contribution in [0.5, 0.6) is 0 Å². The molecule has 0 aliphatic heterocycles. The van der Waals surface area contributed by atoms with Crippen molar-refractivity contribution in [3.63, 3.8) is 0 Å². The molecule has 8 nitrogen and oxygen atoms in total. The molecule has 0 heterocycles. The molecule has 0 saturated carbocycles. The maximum atomic E-state index is 9.82. The number of aliphatic carboxylic acids is 1. The van der Waals surface area contributed by atoms with Crippen LogP contribution in [0.1, 0.15) is 122 Å². The first-order valence-corrected chi connectivity index (χ1v) is 12.4. The molecule has 0 aliphatic carbocycles. The maximum absolute atomic E-state index is 9.82. The summed E-state index contributed by atoms with van der Waals surface area (Å²) in [5, 5.41) is 7.42. The number of unbranched alkanes of at least 4 members (excludes halogenated alkanes) is 3. The lowest BCUT2D eigenvalue weighted by molar-refractivity contribution is -0.141. The van der Waals surface area contributed by atoms with Gasteiger partial charge in [-0.3, -0.25) is 19.2 Å². The fourth-order valence-corrected chi connectivity index (χ4v) is 1.40. The van der Waals surface area contributed by atoms with Crippen LogP contribution in [0.2, 0.25) is 0 Å². The third kappa shape index (κ3) is 129. The first-order chi connectivity index (χ1) is 15.8. The molecular weight excluding hydrogens is 440 g/mol. The van der Waals surface area contributed by atoms with Crippen molar-refractivity contribution in [3.8, 4) is 0 Å². The van der Waals surface area contributed by atoms with Crippen molar-refractivity contribution in [1.29, 1.82) is 0 Å². The van der Waals surface area contributed by atoms with Gasteiger partial charge in [0.2, 0.25) is 0 Å². The average molecular weight is 497 g/mol. The molecule has 0 spiro atoms. The Labute approximate surface area is 210 Å².